The highest BCUT2D eigenvalue weighted by Crippen LogP contribution is 2.29. The van der Waals surface area contributed by atoms with Crippen LogP contribution < -0.4 is 14.8 Å². The van der Waals surface area contributed by atoms with Crippen LogP contribution in [0, 0.1) is 6.92 Å². The number of rotatable bonds is 10. The first-order chi connectivity index (χ1) is 13.7. The predicted octanol–water partition coefficient (Wildman–Crippen LogP) is 4.11. The number of amides is 1. The summed E-state index contributed by atoms with van der Waals surface area (Å²) in [6, 6.07) is 14.4. The molecule has 1 aliphatic rings. The van der Waals surface area contributed by atoms with Gasteiger partial charge in [0.05, 0.1) is 7.11 Å². The summed E-state index contributed by atoms with van der Waals surface area (Å²) >= 11 is 0. The second kappa shape index (κ2) is 11.7. The van der Waals surface area contributed by atoms with E-state index in [1.54, 1.807) is 7.11 Å². The summed E-state index contributed by atoms with van der Waals surface area (Å²) in [6.45, 7) is 6.01. The van der Waals surface area contributed by atoms with Crippen molar-refractivity contribution in [3.05, 3.63) is 59.2 Å². The third-order valence-electron chi connectivity index (χ3n) is 4.99. The van der Waals surface area contributed by atoms with Gasteiger partial charge in [-0.2, -0.15) is 0 Å². The number of halogens is 1. The van der Waals surface area contributed by atoms with E-state index in [1.807, 2.05) is 23.1 Å². The molecular weight excluding hydrogens is 388 g/mol. The van der Waals surface area contributed by atoms with Crippen LogP contribution in [0.5, 0.6) is 11.5 Å². The number of nitrogens with zero attached hydrogens (tertiary/aromatic N) is 1. The summed E-state index contributed by atoms with van der Waals surface area (Å²) in [6.07, 6.45) is 2.69. The van der Waals surface area contributed by atoms with Gasteiger partial charge in [-0.05, 0) is 49.6 Å². The molecule has 0 atom stereocenters. The summed E-state index contributed by atoms with van der Waals surface area (Å²) in [5, 5.41) is 3.44. The van der Waals surface area contributed by atoms with E-state index >= 15 is 0 Å². The normalized spacial score (nSPS) is 13.3. The molecule has 3 rings (SSSR count). The second-order valence-corrected chi connectivity index (χ2v) is 7.28. The highest BCUT2D eigenvalue weighted by atomic mass is 35.5. The Bertz CT molecular complexity index is 797. The maximum absolute atomic E-state index is 11.6. The number of benzene rings is 2. The molecule has 1 fully saturated rings. The first-order valence-corrected chi connectivity index (χ1v) is 9.99. The topological polar surface area (TPSA) is 50.8 Å². The van der Waals surface area contributed by atoms with Crippen LogP contribution >= 0.6 is 12.4 Å². The lowest BCUT2D eigenvalue weighted by molar-refractivity contribution is -0.127. The molecule has 1 N–H and O–H groups in total. The van der Waals surface area contributed by atoms with Crippen molar-refractivity contribution in [2.24, 2.45) is 0 Å². The maximum atomic E-state index is 11.6. The van der Waals surface area contributed by atoms with Gasteiger partial charge in [0.2, 0.25) is 5.91 Å². The number of ether oxygens (including phenoxy) is 2. The summed E-state index contributed by atoms with van der Waals surface area (Å²) in [4.78, 5) is 13.6. The van der Waals surface area contributed by atoms with Crippen LogP contribution in [0.15, 0.2) is 42.5 Å². The van der Waals surface area contributed by atoms with Crippen molar-refractivity contribution in [1.29, 1.82) is 0 Å². The lowest BCUT2D eigenvalue weighted by Gasteiger charge is -2.15. The van der Waals surface area contributed by atoms with Crippen molar-refractivity contribution in [2.45, 2.75) is 39.3 Å². The maximum Gasteiger partial charge on any atom is 0.222 e. The van der Waals surface area contributed by atoms with E-state index in [4.69, 9.17) is 9.47 Å². The molecule has 158 valence electrons. The molecule has 5 nitrogen and oxygen atoms in total. The van der Waals surface area contributed by atoms with Gasteiger partial charge in [0.15, 0.2) is 11.5 Å². The standard InChI is InChI=1S/C23H30N2O3.ClH/c1-18-6-3-7-20(14-18)17-28-21-10-9-19(15-22(21)27-2)16-24-11-5-13-25-12-4-8-23(25)26;/h3,6-7,9-10,14-15,24H,4-5,8,11-13,16-17H2,1-2H3;1H. The zero-order chi connectivity index (χ0) is 19.8. The minimum absolute atomic E-state index is 0. The largest absolute Gasteiger partial charge is 0.493 e. The van der Waals surface area contributed by atoms with E-state index in [0.717, 1.165) is 61.6 Å². The second-order valence-electron chi connectivity index (χ2n) is 7.28. The molecule has 2 aromatic rings. The Morgan fingerprint density at radius 1 is 1.10 bits per heavy atom. The number of carbonyl (C=O) groups excluding carboxylic acids is 1. The summed E-state index contributed by atoms with van der Waals surface area (Å²) in [5.41, 5.74) is 3.52. The molecule has 1 aliphatic heterocycles. The molecule has 0 aliphatic carbocycles. The first-order valence-electron chi connectivity index (χ1n) is 9.99. The summed E-state index contributed by atoms with van der Waals surface area (Å²) < 4.78 is 11.5. The fourth-order valence-corrected chi connectivity index (χ4v) is 3.47. The van der Waals surface area contributed by atoms with E-state index in [-0.39, 0.29) is 12.4 Å². The van der Waals surface area contributed by atoms with Gasteiger partial charge in [-0.25, -0.2) is 0 Å². The number of nitrogens with one attached hydrogen (secondary N) is 1. The zero-order valence-corrected chi connectivity index (χ0v) is 18.1. The highest BCUT2D eigenvalue weighted by Gasteiger charge is 2.18. The van der Waals surface area contributed by atoms with Crippen LogP contribution in [-0.2, 0) is 17.9 Å². The Morgan fingerprint density at radius 2 is 1.97 bits per heavy atom. The highest BCUT2D eigenvalue weighted by molar-refractivity contribution is 5.85. The molecule has 0 unspecified atom stereocenters. The van der Waals surface area contributed by atoms with Crippen molar-refractivity contribution >= 4 is 18.3 Å². The van der Waals surface area contributed by atoms with Crippen LogP contribution in [-0.4, -0.2) is 37.6 Å². The Labute approximate surface area is 179 Å². The Kier molecular flexibility index (Phi) is 9.29. The van der Waals surface area contributed by atoms with Crippen LogP contribution in [0.1, 0.15) is 36.0 Å². The molecule has 2 aromatic carbocycles. The minimum Gasteiger partial charge on any atom is -0.493 e. The zero-order valence-electron chi connectivity index (χ0n) is 17.3. The molecule has 0 spiro atoms. The lowest BCUT2D eigenvalue weighted by Crippen LogP contribution is -2.28. The Hall–Kier alpha value is -2.24. The SMILES string of the molecule is COc1cc(CNCCCN2CCCC2=O)ccc1OCc1cccc(C)c1.Cl. The molecule has 1 saturated heterocycles. The van der Waals surface area contributed by atoms with E-state index in [2.05, 4.69) is 36.5 Å². The van der Waals surface area contributed by atoms with Gasteiger partial charge in [-0.1, -0.05) is 35.9 Å². The number of hydrogen-bond acceptors (Lipinski definition) is 4. The van der Waals surface area contributed by atoms with E-state index in [0.29, 0.717) is 18.9 Å². The number of likely N-dealkylation sites (tertiary alicyclic amines) is 1. The average molecular weight is 419 g/mol. The lowest BCUT2D eigenvalue weighted by atomic mass is 10.1. The van der Waals surface area contributed by atoms with Crippen LogP contribution in [0.25, 0.3) is 0 Å². The molecular formula is C23H31ClN2O3. The fourth-order valence-electron chi connectivity index (χ4n) is 3.47. The van der Waals surface area contributed by atoms with Crippen molar-refractivity contribution < 1.29 is 14.3 Å². The van der Waals surface area contributed by atoms with Crippen LogP contribution in [0.3, 0.4) is 0 Å². The van der Waals surface area contributed by atoms with E-state index in [1.165, 1.54) is 5.56 Å². The van der Waals surface area contributed by atoms with Crippen LogP contribution in [0.2, 0.25) is 0 Å². The number of methoxy groups -OCH3 is 1. The van der Waals surface area contributed by atoms with E-state index < -0.39 is 0 Å². The monoisotopic (exact) mass is 418 g/mol. The number of aryl methyl sites for hydroxylation is 1. The van der Waals surface area contributed by atoms with Crippen molar-refractivity contribution in [3.8, 4) is 11.5 Å². The van der Waals surface area contributed by atoms with Gasteiger partial charge in [0.1, 0.15) is 6.61 Å². The third kappa shape index (κ3) is 6.94. The first kappa shape index (κ1) is 23.0. The molecule has 0 bridgehead atoms. The average Bonchev–Trinajstić information content (AvgIpc) is 3.11. The van der Waals surface area contributed by atoms with Crippen molar-refractivity contribution in [2.75, 3.05) is 26.7 Å². The van der Waals surface area contributed by atoms with Crippen molar-refractivity contribution in [3.63, 3.8) is 0 Å². The third-order valence-corrected chi connectivity index (χ3v) is 4.99. The smallest absolute Gasteiger partial charge is 0.222 e. The summed E-state index contributed by atoms with van der Waals surface area (Å²) in [5.74, 6) is 1.79. The van der Waals surface area contributed by atoms with Gasteiger partial charge in [-0.15, -0.1) is 12.4 Å². The van der Waals surface area contributed by atoms with Crippen LogP contribution in [0.4, 0.5) is 0 Å². The summed E-state index contributed by atoms with van der Waals surface area (Å²) in [7, 11) is 1.67. The van der Waals surface area contributed by atoms with Gasteiger partial charge < -0.3 is 19.7 Å². The Morgan fingerprint density at radius 3 is 2.69 bits per heavy atom. The number of carbonyl (C=O) groups is 1. The van der Waals surface area contributed by atoms with Gasteiger partial charge >= 0.3 is 0 Å². The molecule has 0 aromatic heterocycles. The van der Waals surface area contributed by atoms with Crippen molar-refractivity contribution in [1.82, 2.24) is 10.2 Å². The Balaban J connectivity index is 0.00000300. The van der Waals surface area contributed by atoms with Gasteiger partial charge in [0.25, 0.3) is 0 Å². The quantitative estimate of drug-likeness (QED) is 0.590. The molecule has 29 heavy (non-hydrogen) atoms. The minimum atomic E-state index is 0. The number of hydrogen-bond donors (Lipinski definition) is 1. The van der Waals surface area contributed by atoms with E-state index in [9.17, 15) is 4.79 Å². The fraction of sp³-hybridized carbons (Fsp3) is 0.435. The van der Waals surface area contributed by atoms with Gasteiger partial charge in [-0.3, -0.25) is 4.79 Å². The molecule has 0 radical (unpaired) electrons. The molecule has 1 amide bonds. The molecule has 0 saturated carbocycles. The molecule has 6 heteroatoms. The predicted molar refractivity (Wildman–Crippen MR) is 118 cm³/mol. The molecule has 1 heterocycles. The van der Waals surface area contributed by atoms with Gasteiger partial charge in [0, 0.05) is 26.1 Å².